The first-order chi connectivity index (χ1) is 7.31. The third-order valence-electron chi connectivity index (χ3n) is 3.24. The fourth-order valence-electron chi connectivity index (χ4n) is 2.18. The molecule has 1 aliphatic heterocycles. The number of hydrogen-bond donors (Lipinski definition) is 0. The van der Waals surface area contributed by atoms with Crippen LogP contribution in [0.5, 0.6) is 0 Å². The number of epoxide rings is 1. The van der Waals surface area contributed by atoms with Crippen LogP contribution in [0.1, 0.15) is 25.7 Å². The van der Waals surface area contributed by atoms with E-state index in [1.807, 2.05) is 6.08 Å². The maximum Gasteiger partial charge on any atom is 0.309 e. The molecule has 84 valence electrons. The van der Waals surface area contributed by atoms with Crippen molar-refractivity contribution in [3.8, 4) is 0 Å². The number of allylic oxidation sites excluding steroid dienone is 1. The molecule has 3 unspecified atom stereocenters. The van der Waals surface area contributed by atoms with Crippen molar-refractivity contribution in [1.82, 2.24) is 0 Å². The number of esters is 1. The Kier molecular flexibility index (Phi) is 3.41. The van der Waals surface area contributed by atoms with Gasteiger partial charge in [-0.1, -0.05) is 18.9 Å². The molecule has 1 saturated heterocycles. The van der Waals surface area contributed by atoms with Gasteiger partial charge in [0.1, 0.15) is 12.7 Å². The standard InChI is InChI=1S/C12H18O3/c1-2-9-5-3-4-6-11(9)12(13)15-8-10-7-14-10/h2,9-11H,1,3-8H2. The molecule has 0 aromatic heterocycles. The summed E-state index contributed by atoms with van der Waals surface area (Å²) in [5.41, 5.74) is 0. The van der Waals surface area contributed by atoms with Gasteiger partial charge in [-0.05, 0) is 18.8 Å². The molecule has 1 saturated carbocycles. The van der Waals surface area contributed by atoms with Gasteiger partial charge in [0.25, 0.3) is 0 Å². The van der Waals surface area contributed by atoms with E-state index in [9.17, 15) is 4.79 Å². The average molecular weight is 210 g/mol. The zero-order chi connectivity index (χ0) is 10.7. The summed E-state index contributed by atoms with van der Waals surface area (Å²) in [4.78, 5) is 11.8. The summed E-state index contributed by atoms with van der Waals surface area (Å²) in [5.74, 6) is 0.288. The molecule has 15 heavy (non-hydrogen) atoms. The normalized spacial score (nSPS) is 34.5. The topological polar surface area (TPSA) is 38.8 Å². The smallest absolute Gasteiger partial charge is 0.309 e. The molecule has 3 atom stereocenters. The Morgan fingerprint density at radius 3 is 2.87 bits per heavy atom. The molecule has 0 N–H and O–H groups in total. The molecule has 2 rings (SSSR count). The van der Waals surface area contributed by atoms with Crippen LogP contribution in [0.3, 0.4) is 0 Å². The molecule has 0 bridgehead atoms. The van der Waals surface area contributed by atoms with Gasteiger partial charge in [0.2, 0.25) is 0 Å². The molecule has 0 amide bonds. The Morgan fingerprint density at radius 1 is 1.47 bits per heavy atom. The van der Waals surface area contributed by atoms with Crippen LogP contribution in [0.25, 0.3) is 0 Å². The summed E-state index contributed by atoms with van der Waals surface area (Å²) in [5, 5.41) is 0. The fourth-order valence-corrected chi connectivity index (χ4v) is 2.18. The highest BCUT2D eigenvalue weighted by molar-refractivity contribution is 5.73. The first-order valence-corrected chi connectivity index (χ1v) is 5.72. The van der Waals surface area contributed by atoms with Crippen LogP contribution in [0, 0.1) is 11.8 Å². The maximum absolute atomic E-state index is 11.8. The lowest BCUT2D eigenvalue weighted by molar-refractivity contribution is -0.151. The maximum atomic E-state index is 11.8. The van der Waals surface area contributed by atoms with Crippen LogP contribution in [-0.4, -0.2) is 25.3 Å². The zero-order valence-electron chi connectivity index (χ0n) is 8.98. The average Bonchev–Trinajstić information content (AvgIpc) is 3.09. The summed E-state index contributed by atoms with van der Waals surface area (Å²) >= 11 is 0. The van der Waals surface area contributed by atoms with Crippen LogP contribution in [0.2, 0.25) is 0 Å². The quantitative estimate of drug-likeness (QED) is 0.404. The van der Waals surface area contributed by atoms with Crippen molar-refractivity contribution in [3.63, 3.8) is 0 Å². The van der Waals surface area contributed by atoms with Gasteiger partial charge < -0.3 is 9.47 Å². The molecule has 0 aromatic carbocycles. The van der Waals surface area contributed by atoms with E-state index in [1.54, 1.807) is 0 Å². The second-order valence-electron chi connectivity index (χ2n) is 4.38. The van der Waals surface area contributed by atoms with Gasteiger partial charge in [-0.2, -0.15) is 0 Å². The molecule has 3 nitrogen and oxygen atoms in total. The Labute approximate surface area is 90.4 Å². The lowest BCUT2D eigenvalue weighted by atomic mass is 9.79. The highest BCUT2D eigenvalue weighted by atomic mass is 16.6. The lowest BCUT2D eigenvalue weighted by Gasteiger charge is -2.27. The van der Waals surface area contributed by atoms with Crippen molar-refractivity contribution in [3.05, 3.63) is 12.7 Å². The summed E-state index contributed by atoms with van der Waals surface area (Å²) in [6.45, 7) is 4.96. The Bertz CT molecular complexity index is 245. The van der Waals surface area contributed by atoms with Crippen LogP contribution in [0.15, 0.2) is 12.7 Å². The minimum absolute atomic E-state index is 0.0370. The fraction of sp³-hybridized carbons (Fsp3) is 0.750. The lowest BCUT2D eigenvalue weighted by Crippen LogP contribution is -2.28. The van der Waals surface area contributed by atoms with Crippen molar-refractivity contribution < 1.29 is 14.3 Å². The van der Waals surface area contributed by atoms with Gasteiger partial charge in [-0.25, -0.2) is 0 Å². The number of hydrogen-bond acceptors (Lipinski definition) is 3. The van der Waals surface area contributed by atoms with E-state index in [0.717, 1.165) is 25.9 Å². The zero-order valence-corrected chi connectivity index (χ0v) is 8.98. The number of carbonyl (C=O) groups excluding carboxylic acids is 1. The second-order valence-corrected chi connectivity index (χ2v) is 4.38. The van der Waals surface area contributed by atoms with Crippen molar-refractivity contribution in [2.75, 3.05) is 13.2 Å². The molecule has 1 aliphatic carbocycles. The summed E-state index contributed by atoms with van der Waals surface area (Å²) in [6.07, 6.45) is 6.42. The van der Waals surface area contributed by atoms with Crippen molar-refractivity contribution in [1.29, 1.82) is 0 Å². The molecule has 2 fully saturated rings. The SMILES string of the molecule is C=CC1CCCCC1C(=O)OCC1CO1. The summed E-state index contributed by atoms with van der Waals surface area (Å²) in [6, 6.07) is 0. The van der Waals surface area contributed by atoms with Gasteiger partial charge in [0, 0.05) is 0 Å². The van der Waals surface area contributed by atoms with Crippen LogP contribution in [-0.2, 0) is 14.3 Å². The monoisotopic (exact) mass is 210 g/mol. The van der Waals surface area contributed by atoms with E-state index in [-0.39, 0.29) is 18.0 Å². The van der Waals surface area contributed by atoms with E-state index < -0.39 is 0 Å². The van der Waals surface area contributed by atoms with E-state index in [1.165, 1.54) is 6.42 Å². The van der Waals surface area contributed by atoms with Crippen molar-refractivity contribution in [2.45, 2.75) is 31.8 Å². The first kappa shape index (κ1) is 10.7. The third-order valence-corrected chi connectivity index (χ3v) is 3.24. The molecule has 3 heteroatoms. The van der Waals surface area contributed by atoms with Crippen LogP contribution >= 0.6 is 0 Å². The minimum Gasteiger partial charge on any atom is -0.463 e. The minimum atomic E-state index is -0.0601. The van der Waals surface area contributed by atoms with E-state index in [0.29, 0.717) is 12.5 Å². The predicted molar refractivity (Wildman–Crippen MR) is 56.3 cm³/mol. The van der Waals surface area contributed by atoms with E-state index >= 15 is 0 Å². The highest BCUT2D eigenvalue weighted by Gasteiger charge is 2.32. The second kappa shape index (κ2) is 4.79. The molecule has 0 spiro atoms. The van der Waals surface area contributed by atoms with Crippen LogP contribution < -0.4 is 0 Å². The highest BCUT2D eigenvalue weighted by Crippen LogP contribution is 2.31. The van der Waals surface area contributed by atoms with Gasteiger partial charge in [0.05, 0.1) is 12.5 Å². The molecule has 2 aliphatic rings. The summed E-state index contributed by atoms with van der Waals surface area (Å²) in [7, 11) is 0. The van der Waals surface area contributed by atoms with Crippen LogP contribution in [0.4, 0.5) is 0 Å². The molecule has 1 heterocycles. The van der Waals surface area contributed by atoms with E-state index in [4.69, 9.17) is 9.47 Å². The Balaban J connectivity index is 1.82. The van der Waals surface area contributed by atoms with Gasteiger partial charge in [0.15, 0.2) is 0 Å². The molecule has 0 aromatic rings. The van der Waals surface area contributed by atoms with Gasteiger partial charge in [-0.3, -0.25) is 4.79 Å². The van der Waals surface area contributed by atoms with Gasteiger partial charge >= 0.3 is 5.97 Å². The number of ether oxygens (including phenoxy) is 2. The molecule has 0 radical (unpaired) electrons. The Morgan fingerprint density at radius 2 is 2.20 bits per heavy atom. The van der Waals surface area contributed by atoms with E-state index in [2.05, 4.69) is 6.58 Å². The summed E-state index contributed by atoms with van der Waals surface area (Å²) < 4.78 is 10.2. The molecular formula is C12H18O3. The van der Waals surface area contributed by atoms with Gasteiger partial charge in [-0.15, -0.1) is 6.58 Å². The Hall–Kier alpha value is -0.830. The number of rotatable bonds is 4. The number of carbonyl (C=O) groups is 1. The predicted octanol–water partition coefficient (Wildman–Crippen LogP) is 1.92. The first-order valence-electron chi connectivity index (χ1n) is 5.72. The van der Waals surface area contributed by atoms with Crippen molar-refractivity contribution >= 4 is 5.97 Å². The largest absolute Gasteiger partial charge is 0.463 e. The third kappa shape index (κ3) is 2.81. The molecular weight excluding hydrogens is 192 g/mol. The van der Waals surface area contributed by atoms with Crippen molar-refractivity contribution in [2.24, 2.45) is 11.8 Å².